The molecule has 4 unspecified atom stereocenters. The van der Waals surface area contributed by atoms with Gasteiger partial charge in [-0.15, -0.1) is 0 Å². The first-order chi connectivity index (χ1) is 11.7. The van der Waals surface area contributed by atoms with Crippen molar-refractivity contribution in [1.29, 1.82) is 0 Å². The average Bonchev–Trinajstić information content (AvgIpc) is 2.53. The summed E-state index contributed by atoms with van der Waals surface area (Å²) < 4.78 is 5.37. The van der Waals surface area contributed by atoms with Crippen LogP contribution in [-0.4, -0.2) is 54.9 Å². The van der Waals surface area contributed by atoms with Gasteiger partial charge in [0.25, 0.3) is 0 Å². The van der Waals surface area contributed by atoms with Gasteiger partial charge >= 0.3 is 6.09 Å². The van der Waals surface area contributed by atoms with Gasteiger partial charge < -0.3 is 26.4 Å². The summed E-state index contributed by atoms with van der Waals surface area (Å²) in [6, 6.07) is 0.921. The van der Waals surface area contributed by atoms with Crippen LogP contribution in [0.5, 0.6) is 0 Å². The number of hydrogen-bond donors (Lipinski definition) is 3. The van der Waals surface area contributed by atoms with E-state index in [1.807, 2.05) is 25.7 Å². The van der Waals surface area contributed by atoms with E-state index in [-0.39, 0.29) is 12.1 Å². The first kappa shape index (κ1) is 22.2. The van der Waals surface area contributed by atoms with Crippen molar-refractivity contribution in [2.75, 3.05) is 26.2 Å². The van der Waals surface area contributed by atoms with Crippen molar-refractivity contribution in [3.8, 4) is 0 Å². The molecule has 148 valence electrons. The molecule has 6 heteroatoms. The van der Waals surface area contributed by atoms with Crippen molar-refractivity contribution < 1.29 is 9.53 Å². The van der Waals surface area contributed by atoms with Gasteiger partial charge in [-0.2, -0.15) is 0 Å². The number of piperidine rings is 2. The lowest BCUT2D eigenvalue weighted by atomic mass is 9.92. The molecule has 0 aromatic heterocycles. The van der Waals surface area contributed by atoms with E-state index in [0.717, 1.165) is 38.4 Å². The molecule has 0 saturated carbocycles. The summed E-state index contributed by atoms with van der Waals surface area (Å²) in [4.78, 5) is 13.7. The first-order valence-corrected chi connectivity index (χ1v) is 9.79. The van der Waals surface area contributed by atoms with Crippen molar-refractivity contribution >= 4 is 6.09 Å². The van der Waals surface area contributed by atoms with Gasteiger partial charge in [-0.3, -0.25) is 0 Å². The third kappa shape index (κ3) is 8.38. The second-order valence-electron chi connectivity index (χ2n) is 8.63. The lowest BCUT2D eigenvalue weighted by Gasteiger charge is -2.38. The van der Waals surface area contributed by atoms with Gasteiger partial charge in [-0.05, 0) is 91.8 Å². The van der Waals surface area contributed by atoms with Crippen molar-refractivity contribution in [1.82, 2.24) is 10.2 Å². The molecule has 4 atom stereocenters. The summed E-state index contributed by atoms with van der Waals surface area (Å²) in [7, 11) is 0. The van der Waals surface area contributed by atoms with Gasteiger partial charge in [0, 0.05) is 18.6 Å². The van der Waals surface area contributed by atoms with Crippen LogP contribution in [-0.2, 0) is 4.74 Å². The average molecular weight is 357 g/mol. The molecule has 0 aliphatic carbocycles. The van der Waals surface area contributed by atoms with Crippen LogP contribution in [0.4, 0.5) is 4.79 Å². The van der Waals surface area contributed by atoms with Gasteiger partial charge in [0.2, 0.25) is 0 Å². The molecule has 2 rings (SSSR count). The van der Waals surface area contributed by atoms with Crippen molar-refractivity contribution in [3.63, 3.8) is 0 Å². The minimum atomic E-state index is -0.415. The Balaban J connectivity index is 0.000000293. The van der Waals surface area contributed by atoms with Gasteiger partial charge in [0.1, 0.15) is 5.60 Å². The first-order valence-electron chi connectivity index (χ1n) is 9.79. The largest absolute Gasteiger partial charge is 0.444 e. The Morgan fingerprint density at radius 1 is 1.12 bits per heavy atom. The number of ether oxygens (including phenoxy) is 1. The summed E-state index contributed by atoms with van der Waals surface area (Å²) in [6.45, 7) is 13.5. The van der Waals surface area contributed by atoms with Crippen LogP contribution < -0.4 is 16.8 Å². The Hall–Kier alpha value is -0.850. The molecule has 0 spiro atoms. The predicted molar refractivity (Wildman–Crippen MR) is 103 cm³/mol. The minimum absolute atomic E-state index is 0.199. The molecule has 0 bridgehead atoms. The molecule has 5 N–H and O–H groups in total. The quantitative estimate of drug-likeness (QED) is 0.706. The molecule has 1 amide bonds. The number of carbonyl (C=O) groups excluding carboxylic acids is 1. The highest BCUT2D eigenvalue weighted by molar-refractivity contribution is 5.68. The molecule has 2 fully saturated rings. The number of rotatable bonds is 2. The smallest absolute Gasteiger partial charge is 0.410 e. The zero-order valence-corrected chi connectivity index (χ0v) is 16.9. The number of amides is 1. The monoisotopic (exact) mass is 356 g/mol. The molecule has 0 aromatic carbocycles. The van der Waals surface area contributed by atoms with Crippen molar-refractivity contribution in [3.05, 3.63) is 0 Å². The van der Waals surface area contributed by atoms with Gasteiger partial charge in [-0.1, -0.05) is 0 Å². The van der Waals surface area contributed by atoms with Crippen LogP contribution in [0.2, 0.25) is 0 Å². The molecular weight excluding hydrogens is 316 g/mol. The molecule has 6 nitrogen and oxygen atoms in total. The van der Waals surface area contributed by atoms with E-state index in [9.17, 15) is 4.79 Å². The predicted octanol–water partition coefficient (Wildman–Crippen LogP) is 2.31. The molecule has 2 aliphatic heterocycles. The standard InChI is InChI=1S/C12H24N2O2.C7H16N2/c1-9-7-10(8-13)5-6-14(9)11(15)16-12(2,3)4;1-6-4-7(5-8)2-3-9-6/h9-10H,5-8,13H2,1-4H3;6-7,9H,2-5,8H2,1H3. The van der Waals surface area contributed by atoms with E-state index in [1.54, 1.807) is 0 Å². The second kappa shape index (κ2) is 10.3. The van der Waals surface area contributed by atoms with Crippen LogP contribution >= 0.6 is 0 Å². The van der Waals surface area contributed by atoms with Crippen LogP contribution in [0.25, 0.3) is 0 Å². The van der Waals surface area contributed by atoms with E-state index in [2.05, 4.69) is 19.2 Å². The van der Waals surface area contributed by atoms with E-state index >= 15 is 0 Å². The highest BCUT2D eigenvalue weighted by Gasteiger charge is 2.31. The summed E-state index contributed by atoms with van der Waals surface area (Å²) in [5, 5.41) is 3.39. The van der Waals surface area contributed by atoms with E-state index < -0.39 is 5.60 Å². The molecular formula is C19H40N4O2. The summed E-state index contributed by atoms with van der Waals surface area (Å²) in [5.41, 5.74) is 10.8. The maximum absolute atomic E-state index is 11.9. The molecule has 2 saturated heterocycles. The lowest BCUT2D eigenvalue weighted by Crippen LogP contribution is -2.47. The Morgan fingerprint density at radius 3 is 2.16 bits per heavy atom. The maximum Gasteiger partial charge on any atom is 0.410 e. The number of carbonyl (C=O) groups is 1. The van der Waals surface area contributed by atoms with Crippen LogP contribution in [0.15, 0.2) is 0 Å². The minimum Gasteiger partial charge on any atom is -0.444 e. The van der Waals surface area contributed by atoms with Gasteiger partial charge in [0.05, 0.1) is 0 Å². The molecule has 2 aliphatic rings. The lowest BCUT2D eigenvalue weighted by molar-refractivity contribution is 0.00757. The molecule has 2 heterocycles. The fourth-order valence-electron chi connectivity index (χ4n) is 3.52. The van der Waals surface area contributed by atoms with Gasteiger partial charge in [-0.25, -0.2) is 4.79 Å². The zero-order valence-electron chi connectivity index (χ0n) is 16.9. The fraction of sp³-hybridized carbons (Fsp3) is 0.947. The van der Waals surface area contributed by atoms with Crippen LogP contribution in [0.1, 0.15) is 60.3 Å². The summed E-state index contributed by atoms with van der Waals surface area (Å²) >= 11 is 0. The third-order valence-electron chi connectivity index (χ3n) is 5.01. The topological polar surface area (TPSA) is 93.6 Å². The Kier molecular flexibility index (Phi) is 9.17. The number of nitrogens with two attached hydrogens (primary N) is 2. The SMILES string of the molecule is CC1CC(CN)CCN1.CC1CC(CN)CCN1C(=O)OC(C)(C)C. The van der Waals surface area contributed by atoms with E-state index in [4.69, 9.17) is 16.2 Å². The van der Waals surface area contributed by atoms with E-state index in [0.29, 0.717) is 18.5 Å². The van der Waals surface area contributed by atoms with Crippen molar-refractivity contribution in [2.24, 2.45) is 23.3 Å². The number of nitrogens with zero attached hydrogens (tertiary/aromatic N) is 1. The molecule has 0 aromatic rings. The Morgan fingerprint density at radius 2 is 1.72 bits per heavy atom. The zero-order chi connectivity index (χ0) is 19.0. The maximum atomic E-state index is 11.9. The number of nitrogens with one attached hydrogen (secondary N) is 1. The highest BCUT2D eigenvalue weighted by Crippen LogP contribution is 2.23. The Labute approximate surface area is 154 Å². The van der Waals surface area contributed by atoms with Crippen LogP contribution in [0.3, 0.4) is 0 Å². The highest BCUT2D eigenvalue weighted by atomic mass is 16.6. The van der Waals surface area contributed by atoms with Crippen molar-refractivity contribution in [2.45, 2.75) is 78.0 Å². The second-order valence-corrected chi connectivity index (χ2v) is 8.63. The third-order valence-corrected chi connectivity index (χ3v) is 5.01. The van der Waals surface area contributed by atoms with Crippen LogP contribution in [0, 0.1) is 11.8 Å². The van der Waals surface area contributed by atoms with E-state index in [1.165, 1.54) is 12.8 Å². The summed E-state index contributed by atoms with van der Waals surface area (Å²) in [5.74, 6) is 1.33. The molecule has 0 radical (unpaired) electrons. The fourth-order valence-corrected chi connectivity index (χ4v) is 3.52. The number of likely N-dealkylation sites (tertiary alicyclic amines) is 1. The number of hydrogen-bond acceptors (Lipinski definition) is 5. The Bertz CT molecular complexity index is 397. The van der Waals surface area contributed by atoms with Gasteiger partial charge in [0.15, 0.2) is 0 Å². The summed E-state index contributed by atoms with van der Waals surface area (Å²) in [6.07, 6.45) is 4.29. The molecule has 25 heavy (non-hydrogen) atoms. The normalized spacial score (nSPS) is 30.3.